The van der Waals surface area contributed by atoms with Gasteiger partial charge < -0.3 is 5.32 Å². The first kappa shape index (κ1) is 14.0. The van der Waals surface area contributed by atoms with Gasteiger partial charge in [0.15, 0.2) is 0 Å². The number of nitrogens with one attached hydrogen (secondary N) is 2. The average molecular weight is 299 g/mol. The van der Waals surface area contributed by atoms with Crippen LogP contribution in [-0.2, 0) is 23.7 Å². The van der Waals surface area contributed by atoms with Crippen LogP contribution in [0.3, 0.4) is 0 Å². The summed E-state index contributed by atoms with van der Waals surface area (Å²) >= 11 is 0. The Morgan fingerprint density at radius 3 is 2.90 bits per heavy atom. The second-order valence-corrected chi connectivity index (χ2v) is 7.09. The molecule has 1 atom stereocenters. The summed E-state index contributed by atoms with van der Waals surface area (Å²) in [5.74, 6) is 0. The molecule has 112 valence electrons. The maximum absolute atomic E-state index is 12.4. The molecule has 20 heavy (non-hydrogen) atoms. The number of nitrogens with zero attached hydrogens (tertiary/aromatic N) is 3. The normalized spacial score (nSPS) is 24.6. The first-order chi connectivity index (χ1) is 9.58. The third kappa shape index (κ3) is 2.60. The molecule has 1 aliphatic heterocycles. The summed E-state index contributed by atoms with van der Waals surface area (Å²) in [6.07, 6.45) is 4.59. The van der Waals surface area contributed by atoms with Crippen molar-refractivity contribution in [1.82, 2.24) is 24.1 Å². The minimum Gasteiger partial charge on any atom is -0.314 e. The molecule has 1 aromatic rings. The van der Waals surface area contributed by atoms with Crippen LogP contribution >= 0.6 is 0 Å². The summed E-state index contributed by atoms with van der Waals surface area (Å²) in [5, 5.41) is 7.41. The summed E-state index contributed by atoms with van der Waals surface area (Å²) in [6.45, 7) is 2.48. The van der Waals surface area contributed by atoms with Gasteiger partial charge in [-0.15, -0.1) is 0 Å². The van der Waals surface area contributed by atoms with E-state index in [9.17, 15) is 8.42 Å². The van der Waals surface area contributed by atoms with Crippen LogP contribution in [0, 0.1) is 0 Å². The highest BCUT2D eigenvalue weighted by atomic mass is 32.2. The zero-order valence-corrected chi connectivity index (χ0v) is 12.5. The number of hydrogen-bond donors (Lipinski definition) is 2. The highest BCUT2D eigenvalue weighted by Crippen LogP contribution is 2.29. The smallest absolute Gasteiger partial charge is 0.280 e. The van der Waals surface area contributed by atoms with E-state index in [0.29, 0.717) is 26.2 Å². The summed E-state index contributed by atoms with van der Waals surface area (Å²) in [4.78, 5) is 0. The Morgan fingerprint density at radius 2 is 2.15 bits per heavy atom. The molecule has 7 nitrogen and oxygen atoms in total. The van der Waals surface area contributed by atoms with Crippen molar-refractivity contribution in [3.63, 3.8) is 0 Å². The van der Waals surface area contributed by atoms with Crippen LogP contribution in [0.4, 0.5) is 0 Å². The fraction of sp³-hybridized carbons (Fsp3) is 0.750. The molecular formula is C12H21N5O2S. The van der Waals surface area contributed by atoms with Gasteiger partial charge in [0, 0.05) is 44.5 Å². The van der Waals surface area contributed by atoms with Crippen LogP contribution in [0.25, 0.3) is 0 Å². The third-order valence-electron chi connectivity index (χ3n) is 4.08. The molecule has 1 aliphatic carbocycles. The van der Waals surface area contributed by atoms with Crippen LogP contribution in [0.2, 0.25) is 0 Å². The Labute approximate surface area is 119 Å². The molecular weight excluding hydrogens is 278 g/mol. The number of fused-ring (bicyclic) bond motifs is 1. The Balaban J connectivity index is 1.78. The van der Waals surface area contributed by atoms with E-state index in [1.54, 1.807) is 6.20 Å². The predicted molar refractivity (Wildman–Crippen MR) is 75.4 cm³/mol. The van der Waals surface area contributed by atoms with Gasteiger partial charge in [-0.05, 0) is 19.3 Å². The molecule has 2 aliphatic rings. The monoisotopic (exact) mass is 299 g/mol. The van der Waals surface area contributed by atoms with Crippen molar-refractivity contribution in [2.24, 2.45) is 7.05 Å². The third-order valence-corrected chi connectivity index (χ3v) is 5.71. The highest BCUT2D eigenvalue weighted by Gasteiger charge is 2.30. The van der Waals surface area contributed by atoms with Gasteiger partial charge in [0.2, 0.25) is 0 Å². The molecule has 0 radical (unpaired) electrons. The van der Waals surface area contributed by atoms with Crippen molar-refractivity contribution in [3.8, 4) is 0 Å². The maximum atomic E-state index is 12.4. The van der Waals surface area contributed by atoms with Gasteiger partial charge in [-0.1, -0.05) is 0 Å². The van der Waals surface area contributed by atoms with E-state index in [4.69, 9.17) is 0 Å². The van der Waals surface area contributed by atoms with Gasteiger partial charge in [-0.25, -0.2) is 0 Å². The molecule has 2 heterocycles. The summed E-state index contributed by atoms with van der Waals surface area (Å²) < 4.78 is 31.1. The van der Waals surface area contributed by atoms with E-state index in [1.165, 1.54) is 4.31 Å². The Morgan fingerprint density at radius 1 is 1.40 bits per heavy atom. The second-order valence-electron chi connectivity index (χ2n) is 5.39. The summed E-state index contributed by atoms with van der Waals surface area (Å²) in [6, 6.07) is -0.146. The van der Waals surface area contributed by atoms with Crippen LogP contribution in [0.15, 0.2) is 6.20 Å². The lowest BCUT2D eigenvalue weighted by Gasteiger charge is -2.30. The van der Waals surface area contributed by atoms with Crippen molar-refractivity contribution in [2.45, 2.75) is 25.3 Å². The Bertz CT molecular complexity index is 577. The minimum atomic E-state index is -3.41. The first-order valence-corrected chi connectivity index (χ1v) is 8.51. The predicted octanol–water partition coefficient (Wildman–Crippen LogP) is -0.463. The van der Waals surface area contributed by atoms with Crippen molar-refractivity contribution in [1.29, 1.82) is 0 Å². The molecule has 0 aromatic carbocycles. The number of piperazine rings is 1. The molecule has 2 N–H and O–H groups in total. The first-order valence-electron chi connectivity index (χ1n) is 7.07. The lowest BCUT2D eigenvalue weighted by Crippen LogP contribution is -2.51. The van der Waals surface area contributed by atoms with Crippen molar-refractivity contribution in [2.75, 3.05) is 26.2 Å². The molecule has 0 amide bonds. The van der Waals surface area contributed by atoms with Crippen LogP contribution in [0.1, 0.15) is 30.1 Å². The number of aromatic nitrogens is 2. The van der Waals surface area contributed by atoms with E-state index < -0.39 is 10.2 Å². The zero-order chi connectivity index (χ0) is 14.2. The van der Waals surface area contributed by atoms with Crippen LogP contribution < -0.4 is 10.0 Å². The van der Waals surface area contributed by atoms with Crippen molar-refractivity contribution in [3.05, 3.63) is 17.5 Å². The van der Waals surface area contributed by atoms with Crippen molar-refractivity contribution >= 4 is 10.2 Å². The molecule has 1 unspecified atom stereocenters. The molecule has 3 rings (SSSR count). The minimum absolute atomic E-state index is 0.146. The van der Waals surface area contributed by atoms with Crippen molar-refractivity contribution < 1.29 is 8.42 Å². The van der Waals surface area contributed by atoms with E-state index in [-0.39, 0.29) is 6.04 Å². The topological polar surface area (TPSA) is 79.3 Å². The van der Waals surface area contributed by atoms with Gasteiger partial charge in [-0.3, -0.25) is 4.68 Å². The SMILES string of the molecule is Cn1ncc2c1CCCC2NS(=O)(=O)N1CCNCC1. The second kappa shape index (κ2) is 5.44. The molecule has 0 spiro atoms. The van der Waals surface area contributed by atoms with Gasteiger partial charge >= 0.3 is 0 Å². The number of aryl methyl sites for hydroxylation is 1. The quantitative estimate of drug-likeness (QED) is 0.791. The lowest BCUT2D eigenvalue weighted by atomic mass is 9.94. The summed E-state index contributed by atoms with van der Waals surface area (Å²) in [5.41, 5.74) is 2.17. The molecule has 0 bridgehead atoms. The fourth-order valence-electron chi connectivity index (χ4n) is 2.97. The van der Waals surface area contributed by atoms with Crippen LogP contribution in [0.5, 0.6) is 0 Å². The fourth-order valence-corrected chi connectivity index (χ4v) is 4.38. The maximum Gasteiger partial charge on any atom is 0.280 e. The largest absolute Gasteiger partial charge is 0.314 e. The molecule has 0 saturated carbocycles. The molecule has 8 heteroatoms. The van der Waals surface area contributed by atoms with E-state index >= 15 is 0 Å². The van der Waals surface area contributed by atoms with E-state index in [0.717, 1.165) is 30.5 Å². The van der Waals surface area contributed by atoms with E-state index in [1.807, 2.05) is 11.7 Å². The molecule has 1 aromatic heterocycles. The Kier molecular flexibility index (Phi) is 3.80. The Hall–Kier alpha value is -0.960. The average Bonchev–Trinajstić information content (AvgIpc) is 2.83. The lowest BCUT2D eigenvalue weighted by molar-refractivity contribution is 0.348. The zero-order valence-electron chi connectivity index (χ0n) is 11.7. The van der Waals surface area contributed by atoms with Gasteiger partial charge in [0.25, 0.3) is 10.2 Å². The van der Waals surface area contributed by atoms with Crippen LogP contribution in [-0.4, -0.2) is 48.7 Å². The standard InChI is InChI=1S/C12H21N5O2S/c1-16-12-4-2-3-11(10(12)9-14-16)15-20(18,19)17-7-5-13-6-8-17/h9,11,13,15H,2-8H2,1H3. The van der Waals surface area contributed by atoms with Gasteiger partial charge in [0.1, 0.15) is 0 Å². The highest BCUT2D eigenvalue weighted by molar-refractivity contribution is 7.87. The summed E-state index contributed by atoms with van der Waals surface area (Å²) in [7, 11) is -1.50. The number of hydrogen-bond acceptors (Lipinski definition) is 4. The molecule has 1 fully saturated rings. The number of rotatable bonds is 3. The molecule has 1 saturated heterocycles. The van der Waals surface area contributed by atoms with E-state index in [2.05, 4.69) is 15.1 Å². The van der Waals surface area contributed by atoms with Gasteiger partial charge in [0.05, 0.1) is 12.2 Å². The van der Waals surface area contributed by atoms with Gasteiger partial charge in [-0.2, -0.15) is 22.5 Å².